The fourth-order valence-corrected chi connectivity index (χ4v) is 6.58. The van der Waals surface area contributed by atoms with Crippen molar-refractivity contribution >= 4 is 43.5 Å². The molecule has 1 aromatic heterocycles. The highest BCUT2D eigenvalue weighted by molar-refractivity contribution is 6.27. The van der Waals surface area contributed by atoms with Gasteiger partial charge in [0.1, 0.15) is 11.2 Å². The van der Waals surface area contributed by atoms with Crippen molar-refractivity contribution < 1.29 is 18.1 Å². The number of hydrogen-bond donors (Lipinski definition) is 0. The summed E-state index contributed by atoms with van der Waals surface area (Å²) in [6, 6.07) is 30.8. The molecule has 210 valence electrons. The van der Waals surface area contributed by atoms with Crippen molar-refractivity contribution in [3.63, 3.8) is 0 Å². The van der Waals surface area contributed by atoms with Crippen molar-refractivity contribution in [2.45, 2.75) is 0 Å². The highest BCUT2D eigenvalue weighted by Gasteiger charge is 2.23. The van der Waals surface area contributed by atoms with Gasteiger partial charge in [0, 0.05) is 16.3 Å². The van der Waals surface area contributed by atoms with Crippen molar-refractivity contribution in [1.29, 1.82) is 0 Å². The van der Waals surface area contributed by atoms with Crippen LogP contribution in [0.2, 0.25) is 0 Å². The van der Waals surface area contributed by atoms with E-state index in [1.165, 1.54) is 0 Å². The molecule has 0 bridgehead atoms. The fourth-order valence-electron chi connectivity index (χ4n) is 6.58. The van der Waals surface area contributed by atoms with Crippen molar-refractivity contribution in [2.24, 2.45) is 0 Å². The van der Waals surface area contributed by atoms with E-state index in [2.05, 4.69) is 0 Å². The lowest BCUT2D eigenvalue weighted by atomic mass is 9.82. The summed E-state index contributed by atoms with van der Waals surface area (Å²) in [5, 5.41) is 5.08. The van der Waals surface area contributed by atoms with Crippen LogP contribution in [0.5, 0.6) is 0 Å². The zero-order valence-electron chi connectivity index (χ0n) is 33.8. The maximum atomic E-state index is 9.03. The molecule has 45 heavy (non-hydrogen) atoms. The first-order valence-corrected chi connectivity index (χ1v) is 14.6. The molecular weight excluding hydrogens is 544 g/mol. The van der Waals surface area contributed by atoms with E-state index >= 15 is 0 Å². The van der Waals surface area contributed by atoms with Gasteiger partial charge < -0.3 is 4.42 Å². The molecule has 9 rings (SSSR count). The Balaban J connectivity index is 1.39. The zero-order chi connectivity index (χ0) is 38.4. The van der Waals surface area contributed by atoms with E-state index in [0.29, 0.717) is 27.9 Å². The number of benzene rings is 8. The molecular formula is C44H28O. The molecule has 0 aliphatic rings. The van der Waals surface area contributed by atoms with E-state index in [4.69, 9.17) is 18.1 Å². The second-order valence-corrected chi connectivity index (χ2v) is 10.9. The molecule has 0 atom stereocenters. The van der Waals surface area contributed by atoms with E-state index in [0.717, 1.165) is 49.0 Å². The number of fused-ring (bicyclic) bond motifs is 5. The Morgan fingerprint density at radius 3 is 1.49 bits per heavy atom. The molecule has 0 saturated carbocycles. The molecule has 1 heteroatoms. The predicted molar refractivity (Wildman–Crippen MR) is 190 cm³/mol. The maximum absolute atomic E-state index is 9.03. The lowest BCUT2D eigenvalue weighted by Crippen LogP contribution is -1.93. The van der Waals surface area contributed by atoms with Crippen molar-refractivity contribution in [2.75, 3.05) is 0 Å². The first-order chi connectivity index (χ1) is 26.5. The molecule has 0 N–H and O–H groups in total. The Hall–Kier alpha value is -5.92. The summed E-state index contributed by atoms with van der Waals surface area (Å²) in [7, 11) is 0. The summed E-state index contributed by atoms with van der Waals surface area (Å²) in [6.07, 6.45) is 0. The molecule has 0 saturated heterocycles. The first kappa shape index (κ1) is 17.4. The van der Waals surface area contributed by atoms with Crippen LogP contribution in [0.3, 0.4) is 0 Å². The van der Waals surface area contributed by atoms with Gasteiger partial charge >= 0.3 is 0 Å². The van der Waals surface area contributed by atoms with Crippen molar-refractivity contribution in [1.82, 2.24) is 0 Å². The SMILES string of the molecule is [2H]c1c([2H])c([2H])c(-c2ccc(-c3c4ccccc4c(-c4c(-c5c([2H])c([2H])c([2H])c([2H])c5[2H])ccc5oc6ccccc6c45)c4ccccc34)cc2)c([2H])c1[2H]. The van der Waals surface area contributed by atoms with Gasteiger partial charge in [0.15, 0.2) is 0 Å². The monoisotopic (exact) mass is 582 g/mol. The highest BCUT2D eigenvalue weighted by atomic mass is 16.3. The van der Waals surface area contributed by atoms with Gasteiger partial charge in [0.25, 0.3) is 0 Å². The first-order valence-electron chi connectivity index (χ1n) is 19.6. The molecule has 0 aliphatic carbocycles. The molecule has 8 aromatic carbocycles. The van der Waals surface area contributed by atoms with Crippen LogP contribution in [-0.4, -0.2) is 0 Å². The van der Waals surface area contributed by atoms with Gasteiger partial charge in [-0.2, -0.15) is 0 Å². The highest BCUT2D eigenvalue weighted by Crippen LogP contribution is 2.50. The van der Waals surface area contributed by atoms with E-state index in [-0.39, 0.29) is 35.3 Å². The summed E-state index contributed by atoms with van der Waals surface area (Å²) in [4.78, 5) is 0. The van der Waals surface area contributed by atoms with Gasteiger partial charge in [-0.15, -0.1) is 0 Å². The molecule has 0 radical (unpaired) electrons. The summed E-state index contributed by atoms with van der Waals surface area (Å²) in [5.74, 6) is 0. The third kappa shape index (κ3) is 4.09. The van der Waals surface area contributed by atoms with Crippen LogP contribution in [0, 0.1) is 0 Å². The van der Waals surface area contributed by atoms with E-state index in [1.54, 1.807) is 24.3 Å². The Kier molecular flexibility index (Phi) is 4.01. The minimum Gasteiger partial charge on any atom is -0.456 e. The summed E-state index contributed by atoms with van der Waals surface area (Å²) in [5.41, 5.74) is 5.67. The topological polar surface area (TPSA) is 13.1 Å². The minimum atomic E-state index is -0.465. The summed E-state index contributed by atoms with van der Waals surface area (Å²) >= 11 is 0. The molecule has 9 aromatic rings. The van der Waals surface area contributed by atoms with Crippen LogP contribution in [0.1, 0.15) is 13.7 Å². The molecule has 0 unspecified atom stereocenters. The van der Waals surface area contributed by atoms with E-state index in [1.807, 2.05) is 84.9 Å². The van der Waals surface area contributed by atoms with Gasteiger partial charge in [-0.1, -0.05) is 157 Å². The zero-order valence-corrected chi connectivity index (χ0v) is 23.8. The van der Waals surface area contributed by atoms with E-state index in [9.17, 15) is 0 Å². The Morgan fingerprint density at radius 1 is 0.356 bits per heavy atom. The molecule has 0 amide bonds. The van der Waals surface area contributed by atoms with Crippen molar-refractivity contribution in [3.05, 3.63) is 170 Å². The third-order valence-corrected chi connectivity index (χ3v) is 8.46. The Bertz CT molecular complexity index is 2980. The molecule has 0 spiro atoms. The Labute approximate surface area is 275 Å². The smallest absolute Gasteiger partial charge is 0.136 e. The van der Waals surface area contributed by atoms with Gasteiger partial charge in [-0.25, -0.2) is 0 Å². The van der Waals surface area contributed by atoms with Crippen LogP contribution in [0.15, 0.2) is 174 Å². The standard InChI is InChI=1S/C44H28O/c1-3-13-29(14-4-1)30-23-25-32(26-24-30)41-34-17-7-9-19-36(34)42(37-20-10-8-18-35(37)41)44-33(31-15-5-2-6-16-31)27-28-40-43(44)38-21-11-12-22-39(38)45-40/h1-28H/i1D,2D,3D,4D,5D,6D,13D,14D,15D,16D. The van der Waals surface area contributed by atoms with Crippen LogP contribution in [0.25, 0.3) is 88.0 Å². The minimum absolute atomic E-state index is 0.0913. The number of rotatable bonds is 4. The van der Waals surface area contributed by atoms with Gasteiger partial charge in [0.05, 0.1) is 13.7 Å². The van der Waals surface area contributed by atoms with Crippen LogP contribution in [-0.2, 0) is 0 Å². The number of furan rings is 1. The molecule has 0 fully saturated rings. The van der Waals surface area contributed by atoms with Crippen molar-refractivity contribution in [3.8, 4) is 44.5 Å². The second kappa shape index (κ2) is 10.4. The average molecular weight is 583 g/mol. The quantitative estimate of drug-likeness (QED) is 0.188. The molecule has 0 aliphatic heterocycles. The van der Waals surface area contributed by atoms with Gasteiger partial charge in [-0.3, -0.25) is 0 Å². The second-order valence-electron chi connectivity index (χ2n) is 10.9. The van der Waals surface area contributed by atoms with Crippen LogP contribution in [0.4, 0.5) is 0 Å². The fraction of sp³-hybridized carbons (Fsp3) is 0. The van der Waals surface area contributed by atoms with Crippen LogP contribution < -0.4 is 0 Å². The molecule has 1 nitrogen and oxygen atoms in total. The maximum Gasteiger partial charge on any atom is 0.136 e. The summed E-state index contributed by atoms with van der Waals surface area (Å²) in [6.45, 7) is 0. The van der Waals surface area contributed by atoms with Crippen LogP contribution >= 0.6 is 0 Å². The largest absolute Gasteiger partial charge is 0.456 e. The molecule has 1 heterocycles. The Morgan fingerprint density at radius 2 is 0.867 bits per heavy atom. The van der Waals surface area contributed by atoms with Gasteiger partial charge in [-0.05, 0) is 72.6 Å². The third-order valence-electron chi connectivity index (χ3n) is 8.46. The lowest BCUT2D eigenvalue weighted by molar-refractivity contribution is 0.669. The normalized spacial score (nSPS) is 14.7. The number of para-hydroxylation sites is 1. The lowest BCUT2D eigenvalue weighted by Gasteiger charge is -2.20. The van der Waals surface area contributed by atoms with Gasteiger partial charge in [0.2, 0.25) is 0 Å². The number of hydrogen-bond acceptors (Lipinski definition) is 1. The van der Waals surface area contributed by atoms with E-state index < -0.39 is 36.3 Å². The summed E-state index contributed by atoms with van der Waals surface area (Å²) < 4.78 is 91.3. The average Bonchev–Trinajstić information content (AvgIpc) is 3.59. The predicted octanol–water partition coefficient (Wildman–Crippen LogP) is 12.6.